The van der Waals surface area contributed by atoms with Crippen molar-refractivity contribution >= 4 is 5.95 Å². The van der Waals surface area contributed by atoms with Crippen LogP contribution in [-0.4, -0.2) is 29.8 Å². The number of rotatable bonds is 7. The third kappa shape index (κ3) is 2.85. The van der Waals surface area contributed by atoms with E-state index in [9.17, 15) is 0 Å². The van der Waals surface area contributed by atoms with Crippen molar-refractivity contribution in [3.8, 4) is 0 Å². The molecule has 2 unspecified atom stereocenters. The summed E-state index contributed by atoms with van der Waals surface area (Å²) in [7, 11) is 1.73. The normalized spacial score (nSPS) is 20.9. The van der Waals surface area contributed by atoms with E-state index in [0.717, 1.165) is 25.5 Å². The molecule has 2 aromatic rings. The van der Waals surface area contributed by atoms with Gasteiger partial charge in [0.1, 0.15) is 0 Å². The maximum atomic E-state index is 5.06. The second kappa shape index (κ2) is 6.09. The Bertz CT molecular complexity index is 538. The van der Waals surface area contributed by atoms with Crippen LogP contribution in [-0.2, 0) is 4.74 Å². The van der Waals surface area contributed by atoms with Gasteiger partial charge in [0.2, 0.25) is 5.95 Å². The number of hydrogen-bond donors (Lipinski definition) is 1. The van der Waals surface area contributed by atoms with E-state index >= 15 is 0 Å². The summed E-state index contributed by atoms with van der Waals surface area (Å²) in [6, 6.07) is 11.3. The summed E-state index contributed by atoms with van der Waals surface area (Å²) in [6.07, 6.45) is 6.15. The van der Waals surface area contributed by atoms with Gasteiger partial charge in [-0.05, 0) is 18.4 Å². The number of nitrogens with zero attached hydrogens (tertiary/aromatic N) is 2. The minimum absolute atomic E-state index is 0.546. The molecule has 4 heteroatoms. The van der Waals surface area contributed by atoms with Crippen molar-refractivity contribution in [1.29, 1.82) is 0 Å². The van der Waals surface area contributed by atoms with Crippen LogP contribution in [0.1, 0.15) is 30.4 Å². The number of benzene rings is 1. The van der Waals surface area contributed by atoms with Gasteiger partial charge < -0.3 is 14.6 Å². The smallest absolute Gasteiger partial charge is 0.203 e. The molecule has 20 heavy (non-hydrogen) atoms. The molecular formula is C16H21N3O. The fourth-order valence-electron chi connectivity index (χ4n) is 2.68. The summed E-state index contributed by atoms with van der Waals surface area (Å²) in [6.45, 7) is 1.68. The Balaban J connectivity index is 1.60. The van der Waals surface area contributed by atoms with Crippen molar-refractivity contribution in [3.05, 3.63) is 48.3 Å². The minimum atomic E-state index is 0.546. The van der Waals surface area contributed by atoms with Crippen molar-refractivity contribution in [2.75, 3.05) is 25.6 Å². The van der Waals surface area contributed by atoms with Crippen LogP contribution in [0.3, 0.4) is 0 Å². The van der Waals surface area contributed by atoms with E-state index in [1.165, 1.54) is 12.0 Å². The fraction of sp³-hybridized carbons (Fsp3) is 0.438. The maximum Gasteiger partial charge on any atom is 0.203 e. The number of hydrogen-bond acceptors (Lipinski definition) is 3. The summed E-state index contributed by atoms with van der Waals surface area (Å²) in [5.74, 6) is 1.61. The Hall–Kier alpha value is -1.81. The predicted octanol–water partition coefficient (Wildman–Crippen LogP) is 3.06. The first-order valence-corrected chi connectivity index (χ1v) is 7.20. The molecule has 2 atom stereocenters. The summed E-state index contributed by atoms with van der Waals surface area (Å²) >= 11 is 0. The fourth-order valence-corrected chi connectivity index (χ4v) is 2.68. The molecule has 4 nitrogen and oxygen atoms in total. The molecule has 0 aliphatic heterocycles. The molecule has 0 saturated heterocycles. The zero-order chi connectivity index (χ0) is 13.8. The van der Waals surface area contributed by atoms with Crippen molar-refractivity contribution in [2.24, 2.45) is 0 Å². The Kier molecular flexibility index (Phi) is 4.02. The van der Waals surface area contributed by atoms with Crippen molar-refractivity contribution in [2.45, 2.75) is 24.8 Å². The Morgan fingerprint density at radius 3 is 3.00 bits per heavy atom. The molecule has 1 aromatic carbocycles. The number of nitrogens with one attached hydrogen (secondary N) is 1. The SMILES string of the molecule is COCCCNc1nccn1C1CC1c1ccccc1. The number of ether oxygens (including phenoxy) is 1. The van der Waals surface area contributed by atoms with Gasteiger partial charge in [-0.25, -0.2) is 4.98 Å². The first-order valence-electron chi connectivity index (χ1n) is 7.20. The average molecular weight is 271 g/mol. The van der Waals surface area contributed by atoms with E-state index in [0.29, 0.717) is 12.0 Å². The number of imidazole rings is 1. The molecule has 1 aliphatic carbocycles. The molecule has 0 bridgehead atoms. The van der Waals surface area contributed by atoms with Gasteiger partial charge in [0.15, 0.2) is 0 Å². The lowest BCUT2D eigenvalue weighted by Gasteiger charge is -2.09. The standard InChI is InChI=1S/C16H21N3O/c1-20-11-5-8-17-16-18-9-10-19(16)15-12-14(15)13-6-3-2-4-7-13/h2-4,6-7,9-10,14-15H,5,8,11-12H2,1H3,(H,17,18). The topological polar surface area (TPSA) is 39.1 Å². The molecule has 3 rings (SSSR count). The van der Waals surface area contributed by atoms with E-state index in [1.807, 2.05) is 6.20 Å². The average Bonchev–Trinajstić information content (AvgIpc) is 3.16. The lowest BCUT2D eigenvalue weighted by molar-refractivity contribution is 0.197. The van der Waals surface area contributed by atoms with Crippen molar-refractivity contribution < 1.29 is 4.74 Å². The highest BCUT2D eigenvalue weighted by atomic mass is 16.5. The van der Waals surface area contributed by atoms with Gasteiger partial charge in [0, 0.05) is 44.6 Å². The van der Waals surface area contributed by atoms with Crippen LogP contribution in [0.15, 0.2) is 42.7 Å². The van der Waals surface area contributed by atoms with Gasteiger partial charge in [0.25, 0.3) is 0 Å². The molecule has 1 heterocycles. The van der Waals surface area contributed by atoms with E-state index in [1.54, 1.807) is 7.11 Å². The molecule has 1 aromatic heterocycles. The largest absolute Gasteiger partial charge is 0.385 e. The summed E-state index contributed by atoms with van der Waals surface area (Å²) < 4.78 is 7.33. The van der Waals surface area contributed by atoms with Crippen LogP contribution in [0.4, 0.5) is 5.95 Å². The second-order valence-corrected chi connectivity index (χ2v) is 5.25. The van der Waals surface area contributed by atoms with Crippen LogP contribution in [0.2, 0.25) is 0 Å². The first kappa shape index (κ1) is 13.2. The third-order valence-electron chi connectivity index (χ3n) is 3.82. The molecule has 1 N–H and O–H groups in total. The molecule has 1 aliphatic rings. The maximum absolute atomic E-state index is 5.06. The zero-order valence-electron chi connectivity index (χ0n) is 11.8. The lowest BCUT2D eigenvalue weighted by atomic mass is 10.1. The monoisotopic (exact) mass is 271 g/mol. The zero-order valence-corrected chi connectivity index (χ0v) is 11.8. The van der Waals surface area contributed by atoms with Gasteiger partial charge >= 0.3 is 0 Å². The number of anilines is 1. The Morgan fingerprint density at radius 2 is 2.20 bits per heavy atom. The minimum Gasteiger partial charge on any atom is -0.385 e. The van der Waals surface area contributed by atoms with Crippen LogP contribution in [0.5, 0.6) is 0 Å². The summed E-state index contributed by atoms with van der Waals surface area (Å²) in [5.41, 5.74) is 1.43. The highest BCUT2D eigenvalue weighted by Gasteiger charge is 2.40. The van der Waals surface area contributed by atoms with Gasteiger partial charge in [-0.1, -0.05) is 30.3 Å². The molecule has 0 amide bonds. The molecule has 1 saturated carbocycles. The van der Waals surface area contributed by atoms with Crippen LogP contribution >= 0.6 is 0 Å². The van der Waals surface area contributed by atoms with Crippen LogP contribution in [0.25, 0.3) is 0 Å². The van der Waals surface area contributed by atoms with Crippen LogP contribution < -0.4 is 5.32 Å². The Morgan fingerprint density at radius 1 is 1.35 bits per heavy atom. The lowest BCUT2D eigenvalue weighted by Crippen LogP contribution is -2.10. The van der Waals surface area contributed by atoms with Gasteiger partial charge in [-0.3, -0.25) is 0 Å². The molecule has 106 valence electrons. The van der Waals surface area contributed by atoms with E-state index in [4.69, 9.17) is 4.74 Å². The highest BCUT2D eigenvalue weighted by molar-refractivity contribution is 5.33. The molecule has 1 fully saturated rings. The second-order valence-electron chi connectivity index (χ2n) is 5.25. The van der Waals surface area contributed by atoms with E-state index < -0.39 is 0 Å². The van der Waals surface area contributed by atoms with E-state index in [-0.39, 0.29) is 0 Å². The van der Waals surface area contributed by atoms with E-state index in [2.05, 4.69) is 51.4 Å². The van der Waals surface area contributed by atoms with Gasteiger partial charge in [-0.2, -0.15) is 0 Å². The Labute approximate surface area is 119 Å². The first-order chi connectivity index (χ1) is 9.90. The quantitative estimate of drug-likeness (QED) is 0.787. The highest BCUT2D eigenvalue weighted by Crippen LogP contribution is 2.52. The van der Waals surface area contributed by atoms with Crippen LogP contribution in [0, 0.1) is 0 Å². The third-order valence-corrected chi connectivity index (χ3v) is 3.82. The number of methoxy groups -OCH3 is 1. The predicted molar refractivity (Wildman–Crippen MR) is 80.0 cm³/mol. The summed E-state index contributed by atoms with van der Waals surface area (Å²) in [4.78, 5) is 4.41. The molecular weight excluding hydrogens is 250 g/mol. The van der Waals surface area contributed by atoms with Crippen molar-refractivity contribution in [1.82, 2.24) is 9.55 Å². The molecule has 0 spiro atoms. The summed E-state index contributed by atoms with van der Waals surface area (Å²) in [5, 5.41) is 3.39. The van der Waals surface area contributed by atoms with Gasteiger partial charge in [-0.15, -0.1) is 0 Å². The van der Waals surface area contributed by atoms with Gasteiger partial charge in [0.05, 0.1) is 0 Å². The van der Waals surface area contributed by atoms with Crippen molar-refractivity contribution in [3.63, 3.8) is 0 Å². The number of aromatic nitrogens is 2. The molecule has 0 radical (unpaired) electrons.